The van der Waals surface area contributed by atoms with Crippen molar-refractivity contribution in [2.45, 2.75) is 59.2 Å². The zero-order valence-electron chi connectivity index (χ0n) is 24.3. The maximum absolute atomic E-state index is 13.6. The third-order valence-corrected chi connectivity index (χ3v) is 9.82. The first-order valence-corrected chi connectivity index (χ1v) is 15.1. The highest BCUT2D eigenvalue weighted by Gasteiger charge is 2.67. The highest BCUT2D eigenvalue weighted by molar-refractivity contribution is 6.31. The average molecular weight is 572 g/mol. The summed E-state index contributed by atoms with van der Waals surface area (Å²) in [5.41, 5.74) is 2.01. The minimum atomic E-state index is -0.311. The zero-order valence-corrected chi connectivity index (χ0v) is 25.1. The quantitative estimate of drug-likeness (QED) is 0.523. The van der Waals surface area contributed by atoms with Crippen LogP contribution in [0.3, 0.4) is 0 Å². The molecule has 0 radical (unpaired) electrons. The number of carbonyl (C=O) groups is 1. The molecule has 41 heavy (non-hydrogen) atoms. The molecule has 0 unspecified atom stereocenters. The van der Waals surface area contributed by atoms with Crippen molar-refractivity contribution >= 4 is 17.5 Å². The molecule has 1 aromatic heterocycles. The van der Waals surface area contributed by atoms with Gasteiger partial charge in [-0.05, 0) is 62.0 Å². The molecular weight excluding hydrogens is 534 g/mol. The average Bonchev–Trinajstić information content (AvgIpc) is 3.23. The SMILES string of the molecule is CC1(C)C(Oc2ccc(C#N)c(Cl)c2)C(C)(C)C1N1Cc2nc(C#CC3CN(CC4CCNCC4)C3)ccc2C1=O. The van der Waals surface area contributed by atoms with Gasteiger partial charge in [0.2, 0.25) is 0 Å². The Kier molecular flexibility index (Phi) is 7.27. The smallest absolute Gasteiger partial charge is 0.256 e. The van der Waals surface area contributed by atoms with Crippen molar-refractivity contribution in [1.29, 1.82) is 5.26 Å². The maximum atomic E-state index is 13.6. The number of benzene rings is 1. The monoisotopic (exact) mass is 571 g/mol. The summed E-state index contributed by atoms with van der Waals surface area (Å²) in [5.74, 6) is 8.56. The first kappa shape index (κ1) is 28.0. The number of nitriles is 1. The summed E-state index contributed by atoms with van der Waals surface area (Å²) in [6.07, 6.45) is 2.40. The van der Waals surface area contributed by atoms with E-state index in [0.717, 1.165) is 43.5 Å². The van der Waals surface area contributed by atoms with Gasteiger partial charge >= 0.3 is 0 Å². The van der Waals surface area contributed by atoms with E-state index in [-0.39, 0.29) is 28.9 Å². The second-order valence-corrected chi connectivity index (χ2v) is 13.7. The van der Waals surface area contributed by atoms with Crippen LogP contribution in [-0.2, 0) is 6.54 Å². The van der Waals surface area contributed by atoms with Gasteiger partial charge in [0.05, 0.1) is 28.4 Å². The van der Waals surface area contributed by atoms with Gasteiger partial charge in [-0.3, -0.25) is 4.79 Å². The molecule has 214 valence electrons. The van der Waals surface area contributed by atoms with Crippen LogP contribution in [-0.4, -0.2) is 65.6 Å². The van der Waals surface area contributed by atoms with Crippen molar-refractivity contribution in [3.8, 4) is 23.7 Å². The third kappa shape index (κ3) is 5.10. The van der Waals surface area contributed by atoms with Crippen LogP contribution in [0, 0.1) is 45.8 Å². The Labute approximate surface area is 248 Å². The molecule has 8 heteroatoms. The summed E-state index contributed by atoms with van der Waals surface area (Å²) < 4.78 is 6.43. The van der Waals surface area contributed by atoms with Crippen molar-refractivity contribution in [3.05, 3.63) is 57.9 Å². The normalized spacial score (nSPS) is 25.4. The first-order chi connectivity index (χ1) is 19.6. The predicted molar refractivity (Wildman–Crippen MR) is 158 cm³/mol. The molecule has 4 aliphatic rings. The standard InChI is InChI=1S/C33H38ClN5O2/c1-32(2)30(33(3,4)31(32)41-25-9-6-23(16-35)27(34)15-25)39-20-28-26(29(39)40)10-8-24(37-28)7-5-22-18-38(19-22)17-21-11-13-36-14-12-21/h6,8-10,15,21-22,30-31,36H,11-14,17-20H2,1-4H3. The Hall–Kier alpha value is -3.10. The topological polar surface area (TPSA) is 81.5 Å². The van der Waals surface area contributed by atoms with E-state index in [2.05, 4.69) is 55.8 Å². The number of nitrogens with zero attached hydrogens (tertiary/aromatic N) is 4. The molecule has 0 atom stereocenters. The van der Waals surface area contributed by atoms with Gasteiger partial charge in [0.1, 0.15) is 23.6 Å². The molecule has 1 aliphatic carbocycles. The Morgan fingerprint density at radius 2 is 1.85 bits per heavy atom. The van der Waals surface area contributed by atoms with Crippen LogP contribution < -0.4 is 10.1 Å². The fourth-order valence-corrected chi connectivity index (χ4v) is 8.12. The van der Waals surface area contributed by atoms with Crippen LogP contribution in [0.2, 0.25) is 5.02 Å². The minimum Gasteiger partial charge on any atom is -0.489 e. The molecule has 0 bridgehead atoms. The number of rotatable bonds is 5. The molecule has 3 aliphatic heterocycles. The molecule has 1 saturated carbocycles. The summed E-state index contributed by atoms with van der Waals surface area (Å²) in [6, 6.07) is 11.0. The number of piperidine rings is 1. The van der Waals surface area contributed by atoms with Gasteiger partial charge < -0.3 is 19.9 Å². The number of halogens is 1. The van der Waals surface area contributed by atoms with E-state index in [1.165, 1.54) is 19.4 Å². The second-order valence-electron chi connectivity index (χ2n) is 13.3. The van der Waals surface area contributed by atoms with Gasteiger partial charge in [0, 0.05) is 48.5 Å². The molecule has 4 heterocycles. The van der Waals surface area contributed by atoms with Gasteiger partial charge in [-0.1, -0.05) is 45.2 Å². The molecule has 0 spiro atoms. The summed E-state index contributed by atoms with van der Waals surface area (Å²) in [5, 5.41) is 13.0. The van der Waals surface area contributed by atoms with E-state index in [0.29, 0.717) is 34.4 Å². The van der Waals surface area contributed by atoms with Crippen molar-refractivity contribution in [3.63, 3.8) is 0 Å². The van der Waals surface area contributed by atoms with Gasteiger partial charge in [-0.25, -0.2) is 4.98 Å². The summed E-state index contributed by atoms with van der Waals surface area (Å²) in [4.78, 5) is 22.9. The van der Waals surface area contributed by atoms with Crippen molar-refractivity contribution in [1.82, 2.24) is 20.1 Å². The van der Waals surface area contributed by atoms with Crippen molar-refractivity contribution in [2.75, 3.05) is 32.7 Å². The van der Waals surface area contributed by atoms with Crippen LogP contribution >= 0.6 is 11.6 Å². The number of ether oxygens (including phenoxy) is 1. The number of hydrogen-bond acceptors (Lipinski definition) is 6. The molecular formula is C33H38ClN5O2. The Bertz CT molecular complexity index is 1440. The zero-order chi connectivity index (χ0) is 28.9. The van der Waals surface area contributed by atoms with Crippen molar-refractivity contribution < 1.29 is 9.53 Å². The van der Waals surface area contributed by atoms with E-state index in [4.69, 9.17) is 21.3 Å². The Balaban J connectivity index is 1.10. The van der Waals surface area contributed by atoms with Crippen LogP contribution in [0.5, 0.6) is 5.75 Å². The Morgan fingerprint density at radius 1 is 1.12 bits per heavy atom. The number of amides is 1. The Morgan fingerprint density at radius 3 is 2.54 bits per heavy atom. The highest BCUT2D eigenvalue weighted by Crippen LogP contribution is 2.59. The molecule has 7 nitrogen and oxygen atoms in total. The summed E-state index contributed by atoms with van der Waals surface area (Å²) >= 11 is 6.25. The molecule has 1 amide bonds. The predicted octanol–water partition coefficient (Wildman–Crippen LogP) is 4.73. The van der Waals surface area contributed by atoms with E-state index < -0.39 is 0 Å². The third-order valence-electron chi connectivity index (χ3n) is 9.51. The first-order valence-electron chi connectivity index (χ1n) is 14.7. The maximum Gasteiger partial charge on any atom is 0.256 e. The number of carbonyl (C=O) groups excluding carboxylic acids is 1. The van der Waals surface area contributed by atoms with Gasteiger partial charge in [-0.15, -0.1) is 0 Å². The number of hydrogen-bond donors (Lipinski definition) is 1. The summed E-state index contributed by atoms with van der Waals surface area (Å²) in [7, 11) is 0. The number of aromatic nitrogens is 1. The molecule has 2 saturated heterocycles. The summed E-state index contributed by atoms with van der Waals surface area (Å²) in [6.45, 7) is 14.6. The molecule has 2 aromatic rings. The lowest BCUT2D eigenvalue weighted by Gasteiger charge is -2.65. The van der Waals surface area contributed by atoms with E-state index in [1.807, 2.05) is 17.0 Å². The fourth-order valence-electron chi connectivity index (χ4n) is 7.91. The lowest BCUT2D eigenvalue weighted by molar-refractivity contribution is -0.199. The molecule has 1 N–H and O–H groups in total. The van der Waals surface area contributed by atoms with Crippen molar-refractivity contribution in [2.24, 2.45) is 22.7 Å². The number of fused-ring (bicyclic) bond motifs is 1. The van der Waals surface area contributed by atoms with E-state index >= 15 is 0 Å². The lowest BCUT2D eigenvalue weighted by atomic mass is 9.49. The number of nitrogens with one attached hydrogen (secondary N) is 1. The van der Waals surface area contributed by atoms with Crippen LogP contribution in [0.15, 0.2) is 30.3 Å². The van der Waals surface area contributed by atoms with Gasteiger partial charge in [0.25, 0.3) is 5.91 Å². The molecule has 3 fully saturated rings. The van der Waals surface area contributed by atoms with E-state index in [1.54, 1.807) is 18.2 Å². The van der Waals surface area contributed by atoms with Crippen LogP contribution in [0.1, 0.15) is 67.8 Å². The lowest BCUT2D eigenvalue weighted by Crippen LogP contribution is -2.74. The molecule has 1 aromatic carbocycles. The van der Waals surface area contributed by atoms with Crippen LogP contribution in [0.25, 0.3) is 0 Å². The fraction of sp³-hybridized carbons (Fsp3) is 0.545. The number of likely N-dealkylation sites (tertiary alicyclic amines) is 1. The largest absolute Gasteiger partial charge is 0.489 e. The molecule has 6 rings (SSSR count). The number of pyridine rings is 1. The van der Waals surface area contributed by atoms with Gasteiger partial charge in [-0.2, -0.15) is 5.26 Å². The minimum absolute atomic E-state index is 0.0191. The van der Waals surface area contributed by atoms with Gasteiger partial charge in [0.15, 0.2) is 0 Å². The van der Waals surface area contributed by atoms with Crippen LogP contribution in [0.4, 0.5) is 0 Å². The van der Waals surface area contributed by atoms with E-state index in [9.17, 15) is 10.1 Å². The highest BCUT2D eigenvalue weighted by atomic mass is 35.5. The second kappa shape index (κ2) is 10.6.